The van der Waals surface area contributed by atoms with Crippen LogP contribution in [0.4, 0.5) is 0 Å². The summed E-state index contributed by atoms with van der Waals surface area (Å²) in [6.07, 6.45) is 0. The van der Waals surface area contributed by atoms with Gasteiger partial charge in [0, 0.05) is 11.1 Å². The Bertz CT molecular complexity index is 344. The average Bonchev–Trinajstić information content (AvgIpc) is 2.21. The van der Waals surface area contributed by atoms with Crippen LogP contribution in [0.3, 0.4) is 0 Å². The SMILES string of the molecule is CC(CCl)Sc1c(Cl)c(Cl)nc(Cl)c1Cl. The van der Waals surface area contributed by atoms with Gasteiger partial charge in [-0.15, -0.1) is 23.4 Å². The van der Waals surface area contributed by atoms with Crippen LogP contribution in [0.2, 0.25) is 20.4 Å². The summed E-state index contributed by atoms with van der Waals surface area (Å²) in [4.78, 5) is 4.41. The first kappa shape index (κ1) is 14.0. The molecule has 0 aliphatic rings. The minimum absolute atomic E-state index is 0.148. The Hall–Kier alpha value is 0.950. The maximum atomic E-state index is 5.97. The van der Waals surface area contributed by atoms with Gasteiger partial charge in [0.15, 0.2) is 10.3 Å². The summed E-state index contributed by atoms with van der Waals surface area (Å²) in [6, 6.07) is 0. The lowest BCUT2D eigenvalue weighted by atomic mass is 10.5. The van der Waals surface area contributed by atoms with Crippen molar-refractivity contribution in [3.05, 3.63) is 20.4 Å². The lowest BCUT2D eigenvalue weighted by Crippen LogP contribution is -1.98. The number of rotatable bonds is 3. The summed E-state index contributed by atoms with van der Waals surface area (Å²) in [5.74, 6) is 0.481. The second-order valence-corrected chi connectivity index (χ2v) is 5.96. The van der Waals surface area contributed by atoms with Crippen molar-refractivity contribution in [1.82, 2.24) is 4.98 Å². The number of thioether (sulfide) groups is 1. The first-order chi connectivity index (χ1) is 6.97. The molecular weight excluding hydrogens is 319 g/mol. The van der Waals surface area contributed by atoms with E-state index in [1.165, 1.54) is 11.8 Å². The molecule has 1 nitrogen and oxygen atoms in total. The molecular formula is C8H6Cl5NS. The molecule has 0 aliphatic carbocycles. The minimum Gasteiger partial charge on any atom is -0.221 e. The van der Waals surface area contributed by atoms with Gasteiger partial charge in [0.1, 0.15) is 0 Å². The fraction of sp³-hybridized carbons (Fsp3) is 0.375. The number of hydrogen-bond acceptors (Lipinski definition) is 2. The van der Waals surface area contributed by atoms with E-state index < -0.39 is 0 Å². The third-order valence-corrected chi connectivity index (χ3v) is 5.05. The average molecular weight is 325 g/mol. The van der Waals surface area contributed by atoms with Gasteiger partial charge in [-0.05, 0) is 0 Å². The smallest absolute Gasteiger partial charge is 0.150 e. The van der Waals surface area contributed by atoms with Crippen LogP contribution in [0.5, 0.6) is 0 Å². The van der Waals surface area contributed by atoms with Gasteiger partial charge in [-0.3, -0.25) is 0 Å². The first-order valence-corrected chi connectivity index (χ1v) is 6.82. The molecule has 1 unspecified atom stereocenters. The third-order valence-electron chi connectivity index (χ3n) is 1.49. The molecule has 0 aliphatic heterocycles. The van der Waals surface area contributed by atoms with Crippen molar-refractivity contribution in [2.45, 2.75) is 17.1 Å². The van der Waals surface area contributed by atoms with Gasteiger partial charge in [0.25, 0.3) is 0 Å². The monoisotopic (exact) mass is 323 g/mol. The number of nitrogens with zero attached hydrogens (tertiary/aromatic N) is 1. The molecule has 0 fully saturated rings. The third kappa shape index (κ3) is 3.45. The molecule has 1 rings (SSSR count). The van der Waals surface area contributed by atoms with Crippen molar-refractivity contribution < 1.29 is 0 Å². The van der Waals surface area contributed by atoms with E-state index in [4.69, 9.17) is 58.0 Å². The van der Waals surface area contributed by atoms with Crippen LogP contribution < -0.4 is 0 Å². The molecule has 0 N–H and O–H groups in total. The van der Waals surface area contributed by atoms with Crippen molar-refractivity contribution >= 4 is 69.8 Å². The van der Waals surface area contributed by atoms with E-state index in [0.717, 1.165) is 0 Å². The zero-order chi connectivity index (χ0) is 11.6. The first-order valence-electron chi connectivity index (χ1n) is 3.90. The van der Waals surface area contributed by atoms with Gasteiger partial charge >= 0.3 is 0 Å². The molecule has 0 bridgehead atoms. The topological polar surface area (TPSA) is 12.9 Å². The summed E-state index contributed by atoms with van der Waals surface area (Å²) in [5.41, 5.74) is 0. The number of alkyl halides is 1. The molecule has 1 atom stereocenters. The lowest BCUT2D eigenvalue weighted by molar-refractivity contribution is 1.11. The van der Waals surface area contributed by atoms with Gasteiger partial charge in [0.05, 0.1) is 14.9 Å². The second-order valence-electron chi connectivity index (χ2n) is 2.73. The van der Waals surface area contributed by atoms with Gasteiger partial charge in [-0.2, -0.15) is 0 Å². The number of aromatic nitrogens is 1. The standard InChI is InChI=1S/C8H6Cl5NS/c1-3(2-9)15-6-4(10)7(12)14-8(13)5(6)11/h3H,2H2,1H3. The van der Waals surface area contributed by atoms with Crippen molar-refractivity contribution in [2.24, 2.45) is 0 Å². The molecule has 0 aromatic carbocycles. The van der Waals surface area contributed by atoms with Crippen LogP contribution >= 0.6 is 69.8 Å². The molecule has 1 aromatic rings. The molecule has 0 amide bonds. The van der Waals surface area contributed by atoms with Gasteiger partial charge in [0.2, 0.25) is 0 Å². The highest BCUT2D eigenvalue weighted by atomic mass is 35.5. The highest BCUT2D eigenvalue weighted by molar-refractivity contribution is 8.00. The van der Waals surface area contributed by atoms with Crippen molar-refractivity contribution in [1.29, 1.82) is 0 Å². The normalized spacial score (nSPS) is 12.9. The van der Waals surface area contributed by atoms with Crippen molar-refractivity contribution in [3.63, 3.8) is 0 Å². The molecule has 0 saturated heterocycles. The number of halogens is 5. The zero-order valence-corrected chi connectivity index (χ0v) is 12.1. The van der Waals surface area contributed by atoms with Crippen molar-refractivity contribution in [3.8, 4) is 0 Å². The van der Waals surface area contributed by atoms with Gasteiger partial charge in [-0.1, -0.05) is 53.3 Å². The number of hydrogen-bond donors (Lipinski definition) is 0. The van der Waals surface area contributed by atoms with E-state index in [1.807, 2.05) is 6.92 Å². The maximum absolute atomic E-state index is 5.97. The summed E-state index contributed by atoms with van der Waals surface area (Å²) in [7, 11) is 0. The molecule has 84 valence electrons. The Kier molecular flexibility index (Phi) is 5.64. The van der Waals surface area contributed by atoms with Crippen LogP contribution in [-0.2, 0) is 0 Å². The highest BCUT2D eigenvalue weighted by Gasteiger charge is 2.17. The largest absolute Gasteiger partial charge is 0.221 e. The zero-order valence-electron chi connectivity index (χ0n) is 7.53. The molecule has 0 saturated carbocycles. The summed E-state index contributed by atoms with van der Waals surface area (Å²) in [6.45, 7) is 1.95. The Morgan fingerprint density at radius 3 is 2.00 bits per heavy atom. The summed E-state index contributed by atoms with van der Waals surface area (Å²) >= 11 is 30.6. The molecule has 0 radical (unpaired) electrons. The highest BCUT2D eigenvalue weighted by Crippen LogP contribution is 2.42. The molecule has 1 heterocycles. The van der Waals surface area contributed by atoms with E-state index in [-0.39, 0.29) is 15.6 Å². The molecule has 15 heavy (non-hydrogen) atoms. The van der Waals surface area contributed by atoms with Crippen LogP contribution in [-0.4, -0.2) is 16.1 Å². The van der Waals surface area contributed by atoms with E-state index in [1.54, 1.807) is 0 Å². The van der Waals surface area contributed by atoms with Crippen molar-refractivity contribution in [2.75, 3.05) is 5.88 Å². The van der Waals surface area contributed by atoms with E-state index in [0.29, 0.717) is 20.8 Å². The fourth-order valence-corrected chi connectivity index (χ4v) is 2.96. The van der Waals surface area contributed by atoms with E-state index in [9.17, 15) is 0 Å². The van der Waals surface area contributed by atoms with Crippen LogP contribution in [0.1, 0.15) is 6.92 Å². The van der Waals surface area contributed by atoms with Gasteiger partial charge in [-0.25, -0.2) is 4.98 Å². The Labute approximate surface area is 117 Å². The second kappa shape index (κ2) is 6.04. The Balaban J connectivity index is 3.15. The Morgan fingerprint density at radius 1 is 1.13 bits per heavy atom. The predicted octanol–water partition coefficient (Wildman–Crippen LogP) is 5.41. The lowest BCUT2D eigenvalue weighted by Gasteiger charge is -2.12. The van der Waals surface area contributed by atoms with Crippen LogP contribution in [0, 0.1) is 0 Å². The Morgan fingerprint density at radius 2 is 1.60 bits per heavy atom. The number of pyridine rings is 1. The summed E-state index contributed by atoms with van der Waals surface area (Å²) < 4.78 is 0. The fourth-order valence-electron chi connectivity index (χ4n) is 0.804. The van der Waals surface area contributed by atoms with Gasteiger partial charge < -0.3 is 0 Å². The minimum atomic E-state index is 0.148. The van der Waals surface area contributed by atoms with Crippen LogP contribution in [0.15, 0.2) is 4.90 Å². The van der Waals surface area contributed by atoms with Crippen LogP contribution in [0.25, 0.3) is 0 Å². The summed E-state index contributed by atoms with van der Waals surface area (Å²) in [5, 5.41) is 1.09. The maximum Gasteiger partial charge on any atom is 0.150 e. The quantitative estimate of drug-likeness (QED) is 0.418. The molecule has 1 aromatic heterocycles. The predicted molar refractivity (Wildman–Crippen MR) is 70.3 cm³/mol. The van der Waals surface area contributed by atoms with E-state index >= 15 is 0 Å². The van der Waals surface area contributed by atoms with E-state index in [2.05, 4.69) is 4.98 Å². The molecule has 7 heteroatoms. The molecule has 0 spiro atoms.